The van der Waals surface area contributed by atoms with Crippen LogP contribution in [0.5, 0.6) is 11.5 Å². The number of fused-ring (bicyclic) bond motifs is 1. The molecule has 0 saturated carbocycles. The summed E-state index contributed by atoms with van der Waals surface area (Å²) >= 11 is 0. The van der Waals surface area contributed by atoms with Gasteiger partial charge in [0.15, 0.2) is 11.3 Å². The van der Waals surface area contributed by atoms with Crippen molar-refractivity contribution in [2.75, 3.05) is 19.5 Å². The van der Waals surface area contributed by atoms with Gasteiger partial charge in [0.1, 0.15) is 11.3 Å². The molecule has 0 bridgehead atoms. The quantitative estimate of drug-likeness (QED) is 0.538. The standard InChI is InChI=1S/C20H18N2O6/c1-12(23)28-22-20-16(11-13-5-4-6-17(26-3)18(13)27-20)19(24)21-14-7-9-15(25-2)10-8-14/h4-11H,1-3H3,(H,21,24)/b22-20-. The number of hydrogen-bond donors (Lipinski definition) is 1. The Bertz CT molecular complexity index is 1090. The molecule has 0 fully saturated rings. The molecule has 0 radical (unpaired) electrons. The van der Waals surface area contributed by atoms with Gasteiger partial charge in [-0.25, -0.2) is 4.79 Å². The number of para-hydroxylation sites is 1. The first-order valence-electron chi connectivity index (χ1n) is 8.29. The van der Waals surface area contributed by atoms with Crippen molar-refractivity contribution in [2.24, 2.45) is 5.16 Å². The van der Waals surface area contributed by atoms with Crippen LogP contribution in [-0.2, 0) is 9.63 Å². The lowest BCUT2D eigenvalue weighted by atomic mass is 10.1. The highest BCUT2D eigenvalue weighted by molar-refractivity contribution is 6.05. The molecule has 144 valence electrons. The van der Waals surface area contributed by atoms with Crippen LogP contribution >= 0.6 is 0 Å². The van der Waals surface area contributed by atoms with Crippen LogP contribution in [0.15, 0.2) is 58.1 Å². The Morgan fingerprint density at radius 3 is 2.43 bits per heavy atom. The Morgan fingerprint density at radius 2 is 1.79 bits per heavy atom. The SMILES string of the molecule is COc1ccc(NC(=O)c2cc3cccc(OC)c3o/c2=N\OC(C)=O)cc1. The van der Waals surface area contributed by atoms with E-state index in [2.05, 4.69) is 15.3 Å². The van der Waals surface area contributed by atoms with Crippen LogP contribution < -0.4 is 20.3 Å². The van der Waals surface area contributed by atoms with Gasteiger partial charge in [-0.05, 0) is 41.6 Å². The van der Waals surface area contributed by atoms with Crippen molar-refractivity contribution >= 4 is 28.5 Å². The van der Waals surface area contributed by atoms with Gasteiger partial charge in [-0.1, -0.05) is 12.1 Å². The number of ether oxygens (including phenoxy) is 2. The minimum atomic E-state index is -0.642. The zero-order valence-corrected chi connectivity index (χ0v) is 15.5. The first-order valence-corrected chi connectivity index (χ1v) is 8.29. The first-order chi connectivity index (χ1) is 13.5. The van der Waals surface area contributed by atoms with Crippen molar-refractivity contribution in [2.45, 2.75) is 6.92 Å². The maximum absolute atomic E-state index is 12.8. The lowest BCUT2D eigenvalue weighted by Gasteiger charge is -2.09. The highest BCUT2D eigenvalue weighted by atomic mass is 16.7. The van der Waals surface area contributed by atoms with E-state index >= 15 is 0 Å². The third kappa shape index (κ3) is 4.12. The molecule has 2 aromatic carbocycles. The summed E-state index contributed by atoms with van der Waals surface area (Å²) in [5, 5.41) is 7.04. The minimum Gasteiger partial charge on any atom is -0.497 e. The first kappa shape index (κ1) is 19.0. The van der Waals surface area contributed by atoms with E-state index in [0.717, 1.165) is 0 Å². The van der Waals surface area contributed by atoms with E-state index in [-0.39, 0.29) is 11.1 Å². The van der Waals surface area contributed by atoms with Crippen molar-refractivity contribution in [1.29, 1.82) is 0 Å². The molecule has 8 heteroatoms. The van der Waals surface area contributed by atoms with E-state index in [4.69, 9.17) is 13.9 Å². The van der Waals surface area contributed by atoms with Crippen molar-refractivity contribution in [3.8, 4) is 11.5 Å². The number of amides is 1. The van der Waals surface area contributed by atoms with Crippen LogP contribution in [0.25, 0.3) is 11.0 Å². The molecule has 1 amide bonds. The Kier molecular flexibility index (Phi) is 5.59. The predicted octanol–water partition coefficient (Wildman–Crippen LogP) is 3.08. The fourth-order valence-corrected chi connectivity index (χ4v) is 2.49. The fourth-order valence-electron chi connectivity index (χ4n) is 2.49. The lowest BCUT2D eigenvalue weighted by molar-refractivity contribution is -0.141. The summed E-state index contributed by atoms with van der Waals surface area (Å²) in [5.74, 6) is -0.00314. The van der Waals surface area contributed by atoms with Crippen LogP contribution in [0.2, 0.25) is 0 Å². The summed E-state index contributed by atoms with van der Waals surface area (Å²) in [7, 11) is 3.05. The summed E-state index contributed by atoms with van der Waals surface area (Å²) in [6.07, 6.45) is 0. The topological polar surface area (TPSA) is 99.4 Å². The van der Waals surface area contributed by atoms with Crippen LogP contribution in [-0.4, -0.2) is 26.1 Å². The number of nitrogens with zero attached hydrogens (tertiary/aromatic N) is 1. The Balaban J connectivity index is 2.06. The zero-order valence-electron chi connectivity index (χ0n) is 15.5. The van der Waals surface area contributed by atoms with Crippen molar-refractivity contribution < 1.29 is 28.3 Å². The fraction of sp³-hybridized carbons (Fsp3) is 0.150. The van der Waals surface area contributed by atoms with Gasteiger partial charge in [-0.3, -0.25) is 4.79 Å². The van der Waals surface area contributed by atoms with Gasteiger partial charge >= 0.3 is 5.97 Å². The molecule has 0 atom stereocenters. The second kappa shape index (κ2) is 8.26. The van der Waals surface area contributed by atoms with E-state index in [9.17, 15) is 9.59 Å². The molecular weight excluding hydrogens is 364 g/mol. The monoisotopic (exact) mass is 382 g/mol. The van der Waals surface area contributed by atoms with E-state index < -0.39 is 11.9 Å². The Morgan fingerprint density at radius 1 is 1.04 bits per heavy atom. The second-order valence-corrected chi connectivity index (χ2v) is 5.70. The second-order valence-electron chi connectivity index (χ2n) is 5.70. The van der Waals surface area contributed by atoms with Crippen LogP contribution in [0.4, 0.5) is 5.69 Å². The molecule has 0 aliphatic carbocycles. The Hall–Kier alpha value is -3.81. The van der Waals surface area contributed by atoms with Gasteiger partial charge < -0.3 is 24.0 Å². The summed E-state index contributed by atoms with van der Waals surface area (Å²) in [4.78, 5) is 28.6. The third-order valence-electron chi connectivity index (χ3n) is 3.81. The molecule has 28 heavy (non-hydrogen) atoms. The van der Waals surface area contributed by atoms with Crippen molar-refractivity contribution in [3.63, 3.8) is 0 Å². The lowest BCUT2D eigenvalue weighted by Crippen LogP contribution is -2.22. The number of hydrogen-bond acceptors (Lipinski definition) is 7. The summed E-state index contributed by atoms with van der Waals surface area (Å²) in [6.45, 7) is 1.20. The number of methoxy groups -OCH3 is 2. The number of rotatable bonds is 5. The van der Waals surface area contributed by atoms with Gasteiger partial charge in [0, 0.05) is 18.0 Å². The molecule has 1 heterocycles. The summed E-state index contributed by atoms with van der Waals surface area (Å²) < 4.78 is 16.1. The molecule has 0 saturated heterocycles. The number of nitrogens with one attached hydrogen (secondary N) is 1. The molecule has 1 aromatic heterocycles. The highest BCUT2D eigenvalue weighted by Crippen LogP contribution is 2.25. The van der Waals surface area contributed by atoms with Crippen molar-refractivity contribution in [1.82, 2.24) is 0 Å². The van der Waals surface area contributed by atoms with Gasteiger partial charge in [0.05, 0.1) is 14.2 Å². The van der Waals surface area contributed by atoms with Crippen molar-refractivity contribution in [3.05, 3.63) is 59.6 Å². The van der Waals surface area contributed by atoms with E-state index in [1.54, 1.807) is 55.6 Å². The zero-order chi connectivity index (χ0) is 20.1. The average molecular weight is 382 g/mol. The minimum absolute atomic E-state index is 0.0952. The predicted molar refractivity (Wildman–Crippen MR) is 101 cm³/mol. The van der Waals surface area contributed by atoms with Gasteiger partial charge in [-0.15, -0.1) is 0 Å². The normalized spacial score (nSPS) is 11.2. The van der Waals surface area contributed by atoms with Gasteiger partial charge in [0.2, 0.25) is 0 Å². The molecule has 1 N–H and O–H groups in total. The maximum atomic E-state index is 12.8. The molecule has 0 unspecified atom stereocenters. The molecular formula is C20H18N2O6. The third-order valence-corrected chi connectivity index (χ3v) is 3.81. The maximum Gasteiger partial charge on any atom is 0.332 e. The van der Waals surface area contributed by atoms with Crippen LogP contribution in [0.3, 0.4) is 0 Å². The molecule has 3 rings (SSSR count). The smallest absolute Gasteiger partial charge is 0.332 e. The Labute approximate surface area is 160 Å². The van der Waals surface area contributed by atoms with Crippen LogP contribution in [0.1, 0.15) is 17.3 Å². The summed E-state index contributed by atoms with van der Waals surface area (Å²) in [5.41, 5.74) is 0.864. The van der Waals surface area contributed by atoms with E-state index in [1.807, 2.05) is 0 Å². The molecule has 3 aromatic rings. The van der Waals surface area contributed by atoms with Gasteiger partial charge in [-0.2, -0.15) is 0 Å². The van der Waals surface area contributed by atoms with E-state index in [1.165, 1.54) is 14.0 Å². The number of anilines is 1. The molecule has 0 aliphatic heterocycles. The van der Waals surface area contributed by atoms with E-state index in [0.29, 0.717) is 28.2 Å². The molecule has 0 spiro atoms. The number of carbonyl (C=O) groups excluding carboxylic acids is 2. The van der Waals surface area contributed by atoms with Gasteiger partial charge in [0.25, 0.3) is 11.5 Å². The highest BCUT2D eigenvalue weighted by Gasteiger charge is 2.15. The average Bonchev–Trinajstić information content (AvgIpc) is 2.71. The summed E-state index contributed by atoms with van der Waals surface area (Å²) in [6, 6.07) is 13.7. The number of carbonyl (C=O) groups is 2. The largest absolute Gasteiger partial charge is 0.497 e. The molecule has 8 nitrogen and oxygen atoms in total. The molecule has 0 aliphatic rings. The number of benzene rings is 2. The van der Waals surface area contributed by atoms with Crippen LogP contribution in [0, 0.1) is 0 Å².